The minimum absolute atomic E-state index is 0.0273. The molecular weight excluding hydrogens is 286 g/mol. The molecule has 0 saturated carbocycles. The van der Waals surface area contributed by atoms with Crippen molar-refractivity contribution in [1.82, 2.24) is 0 Å². The molecule has 0 radical (unpaired) electrons. The van der Waals surface area contributed by atoms with Gasteiger partial charge in [-0.25, -0.2) is 4.79 Å². The summed E-state index contributed by atoms with van der Waals surface area (Å²) in [5.74, 6) is -0.499. The van der Waals surface area contributed by atoms with E-state index in [0.29, 0.717) is 11.3 Å². The third-order valence-electron chi connectivity index (χ3n) is 2.93. The summed E-state index contributed by atoms with van der Waals surface area (Å²) < 4.78 is 5.65. The fourth-order valence-corrected chi connectivity index (χ4v) is 1.80. The molecule has 0 aliphatic heterocycles. The summed E-state index contributed by atoms with van der Waals surface area (Å²) in [5, 5.41) is 22.3. The smallest absolute Gasteiger partial charge is 0.335 e. The molecule has 2 N–H and O–H groups in total. The molecule has 22 heavy (non-hydrogen) atoms. The Labute approximate surface area is 127 Å². The van der Waals surface area contributed by atoms with E-state index in [9.17, 15) is 9.90 Å². The first-order valence-electron chi connectivity index (χ1n) is 6.45. The maximum absolute atomic E-state index is 10.8. The van der Waals surface area contributed by atoms with Gasteiger partial charge in [0, 0.05) is 0 Å². The van der Waals surface area contributed by atoms with Crippen LogP contribution in [0.5, 0.6) is 11.5 Å². The van der Waals surface area contributed by atoms with Crippen LogP contribution in [0.15, 0.2) is 47.6 Å². The fourth-order valence-electron chi connectivity index (χ4n) is 1.80. The second kappa shape index (κ2) is 7.12. The molecule has 0 unspecified atom stereocenters. The first-order valence-corrected chi connectivity index (χ1v) is 6.45. The van der Waals surface area contributed by atoms with Gasteiger partial charge >= 0.3 is 5.97 Å². The van der Waals surface area contributed by atoms with Crippen molar-refractivity contribution in [2.75, 3.05) is 7.11 Å². The van der Waals surface area contributed by atoms with Gasteiger partial charge < -0.3 is 19.8 Å². The number of oxime groups is 1. The number of benzene rings is 2. The van der Waals surface area contributed by atoms with Crippen LogP contribution in [0.2, 0.25) is 0 Å². The van der Waals surface area contributed by atoms with Crippen molar-refractivity contribution in [1.29, 1.82) is 0 Å². The molecule has 0 saturated heterocycles. The number of rotatable bonds is 6. The zero-order valence-electron chi connectivity index (χ0n) is 11.9. The fraction of sp³-hybridized carbons (Fsp3) is 0.125. The lowest BCUT2D eigenvalue weighted by atomic mass is 10.1. The zero-order chi connectivity index (χ0) is 15.9. The molecule has 0 amide bonds. The molecule has 0 heterocycles. The number of aromatic hydroxyl groups is 1. The van der Waals surface area contributed by atoms with Crippen molar-refractivity contribution >= 4 is 12.2 Å². The maximum atomic E-state index is 10.8. The van der Waals surface area contributed by atoms with Gasteiger partial charge in [0.05, 0.1) is 17.3 Å². The van der Waals surface area contributed by atoms with Crippen LogP contribution in [0.25, 0.3) is 0 Å². The van der Waals surface area contributed by atoms with Gasteiger partial charge in [-0.1, -0.05) is 23.4 Å². The van der Waals surface area contributed by atoms with E-state index in [0.717, 1.165) is 5.56 Å². The summed E-state index contributed by atoms with van der Waals surface area (Å²) >= 11 is 0. The molecule has 114 valence electrons. The van der Waals surface area contributed by atoms with E-state index >= 15 is 0 Å². The van der Waals surface area contributed by atoms with E-state index in [1.165, 1.54) is 31.5 Å². The number of phenolic OH excluding ortho intramolecular Hbond substituents is 1. The summed E-state index contributed by atoms with van der Waals surface area (Å²) in [7, 11) is 1.40. The lowest BCUT2D eigenvalue weighted by Gasteiger charge is -2.10. The molecule has 0 atom stereocenters. The topological polar surface area (TPSA) is 88.4 Å². The summed E-state index contributed by atoms with van der Waals surface area (Å²) in [5.41, 5.74) is 1.43. The molecule has 0 fully saturated rings. The highest BCUT2D eigenvalue weighted by molar-refractivity contribution is 5.87. The number of carboxylic acids is 1. The van der Waals surface area contributed by atoms with Crippen LogP contribution in [-0.4, -0.2) is 29.5 Å². The second-order valence-electron chi connectivity index (χ2n) is 4.40. The number of nitrogens with zero attached hydrogens (tertiary/aromatic N) is 1. The Hall–Kier alpha value is -3.02. The molecule has 2 rings (SSSR count). The first kappa shape index (κ1) is 15.4. The van der Waals surface area contributed by atoms with Gasteiger partial charge in [0.2, 0.25) is 0 Å². The Morgan fingerprint density at radius 1 is 1.23 bits per heavy atom. The monoisotopic (exact) mass is 301 g/mol. The minimum atomic E-state index is -0.974. The third-order valence-corrected chi connectivity index (χ3v) is 2.93. The van der Waals surface area contributed by atoms with Crippen molar-refractivity contribution in [2.45, 2.75) is 6.61 Å². The highest BCUT2D eigenvalue weighted by Gasteiger charge is 2.08. The highest BCUT2D eigenvalue weighted by atomic mass is 16.6. The van der Waals surface area contributed by atoms with Crippen molar-refractivity contribution in [3.63, 3.8) is 0 Å². The zero-order valence-corrected chi connectivity index (χ0v) is 11.9. The molecule has 0 bridgehead atoms. The predicted molar refractivity (Wildman–Crippen MR) is 80.4 cm³/mol. The van der Waals surface area contributed by atoms with E-state index in [1.807, 2.05) is 0 Å². The van der Waals surface area contributed by atoms with Crippen LogP contribution >= 0.6 is 0 Å². The Morgan fingerprint density at radius 2 is 1.95 bits per heavy atom. The standard InChI is InChI=1S/C16H15NO5/c1-21-17-9-13-14(18)3-2-4-15(13)22-10-11-5-7-12(8-6-11)16(19)20/h2-9,18H,10H2,1H3,(H,19,20)/b17-9+. The van der Waals surface area contributed by atoms with Crippen molar-refractivity contribution in [2.24, 2.45) is 5.16 Å². The van der Waals surface area contributed by atoms with Crippen molar-refractivity contribution in [3.05, 3.63) is 59.2 Å². The second-order valence-corrected chi connectivity index (χ2v) is 4.40. The van der Waals surface area contributed by atoms with Crippen LogP contribution in [0.1, 0.15) is 21.5 Å². The number of carbonyl (C=O) groups is 1. The van der Waals surface area contributed by atoms with E-state index in [1.54, 1.807) is 24.3 Å². The molecule has 0 spiro atoms. The van der Waals surface area contributed by atoms with Crippen molar-refractivity contribution in [3.8, 4) is 11.5 Å². The lowest BCUT2D eigenvalue weighted by molar-refractivity contribution is 0.0697. The van der Waals surface area contributed by atoms with Gasteiger partial charge in [0.1, 0.15) is 25.2 Å². The predicted octanol–water partition coefficient (Wildman–Crippen LogP) is 2.65. The maximum Gasteiger partial charge on any atom is 0.335 e. The minimum Gasteiger partial charge on any atom is -0.507 e. The van der Waals surface area contributed by atoms with Crippen molar-refractivity contribution < 1.29 is 24.6 Å². The number of hydrogen-bond acceptors (Lipinski definition) is 5. The number of phenols is 1. The average Bonchev–Trinajstić information content (AvgIpc) is 2.52. The van der Waals surface area contributed by atoms with Crippen LogP contribution in [-0.2, 0) is 11.4 Å². The summed E-state index contributed by atoms with van der Waals surface area (Å²) in [6.45, 7) is 0.233. The Balaban J connectivity index is 2.12. The summed E-state index contributed by atoms with van der Waals surface area (Å²) in [6.07, 6.45) is 1.36. The first-order chi connectivity index (χ1) is 10.6. The third kappa shape index (κ3) is 3.76. The normalized spacial score (nSPS) is 10.6. The molecule has 2 aromatic rings. The van der Waals surface area contributed by atoms with E-state index in [-0.39, 0.29) is 17.9 Å². The SMILES string of the molecule is CO/N=C/c1c(O)cccc1OCc1ccc(C(=O)O)cc1. The Kier molecular flexibility index (Phi) is 4.98. The Bertz CT molecular complexity index is 679. The van der Waals surface area contributed by atoms with Crippen LogP contribution < -0.4 is 4.74 Å². The molecule has 6 nitrogen and oxygen atoms in total. The Morgan fingerprint density at radius 3 is 2.59 bits per heavy atom. The molecular formula is C16H15NO5. The molecule has 0 aromatic heterocycles. The average molecular weight is 301 g/mol. The molecule has 6 heteroatoms. The van der Waals surface area contributed by atoms with E-state index in [2.05, 4.69) is 9.99 Å². The number of carboxylic acid groups (broad SMARTS) is 1. The molecule has 2 aromatic carbocycles. The number of hydrogen-bond donors (Lipinski definition) is 2. The summed E-state index contributed by atoms with van der Waals surface area (Å²) in [4.78, 5) is 15.4. The van der Waals surface area contributed by atoms with Gasteiger partial charge in [-0.3, -0.25) is 0 Å². The van der Waals surface area contributed by atoms with E-state index in [4.69, 9.17) is 9.84 Å². The molecule has 0 aliphatic rings. The number of ether oxygens (including phenoxy) is 1. The van der Waals surface area contributed by atoms with Crippen LogP contribution in [0.3, 0.4) is 0 Å². The van der Waals surface area contributed by atoms with Gasteiger partial charge in [0.15, 0.2) is 0 Å². The quantitative estimate of drug-likeness (QED) is 0.632. The largest absolute Gasteiger partial charge is 0.507 e. The van der Waals surface area contributed by atoms with Gasteiger partial charge in [0.25, 0.3) is 0 Å². The van der Waals surface area contributed by atoms with Gasteiger partial charge in [-0.15, -0.1) is 0 Å². The molecule has 0 aliphatic carbocycles. The summed E-state index contributed by atoms with van der Waals surface area (Å²) in [6, 6.07) is 11.2. The van der Waals surface area contributed by atoms with Gasteiger partial charge in [-0.05, 0) is 29.8 Å². The van der Waals surface area contributed by atoms with E-state index < -0.39 is 5.97 Å². The van der Waals surface area contributed by atoms with Gasteiger partial charge in [-0.2, -0.15) is 0 Å². The van der Waals surface area contributed by atoms with Crippen LogP contribution in [0.4, 0.5) is 0 Å². The number of aromatic carboxylic acids is 1. The highest BCUT2D eigenvalue weighted by Crippen LogP contribution is 2.26. The lowest BCUT2D eigenvalue weighted by Crippen LogP contribution is -2.00. The van der Waals surface area contributed by atoms with Crippen LogP contribution in [0, 0.1) is 0 Å².